The fraction of sp³-hybridized carbons (Fsp3) is 0.543. The van der Waals surface area contributed by atoms with E-state index >= 15 is 0 Å². The van der Waals surface area contributed by atoms with E-state index in [2.05, 4.69) is 74.8 Å². The SMILES string of the molecule is CN(C)c1ccc(C23CCC(CN(C(=O)C4CC[CH]CC4)c4cccc(-c5cnn(C6CC6)c5)c4)(CC2)CC3)cn1. The summed E-state index contributed by atoms with van der Waals surface area (Å²) in [7, 11) is 4.09. The zero-order valence-corrected chi connectivity index (χ0v) is 24.8. The van der Waals surface area contributed by atoms with E-state index in [1.165, 1.54) is 56.9 Å². The molecule has 0 atom stereocenters. The highest BCUT2D eigenvalue weighted by Gasteiger charge is 2.50. The third-order valence-electron chi connectivity index (χ3n) is 10.8. The van der Waals surface area contributed by atoms with E-state index in [-0.39, 0.29) is 16.7 Å². The second-order valence-corrected chi connectivity index (χ2v) is 13.6. The number of anilines is 2. The van der Waals surface area contributed by atoms with Gasteiger partial charge in [-0.3, -0.25) is 9.48 Å². The summed E-state index contributed by atoms with van der Waals surface area (Å²) in [6.07, 6.45) is 22.3. The van der Waals surface area contributed by atoms with Crippen LogP contribution >= 0.6 is 0 Å². The second kappa shape index (κ2) is 10.6. The second-order valence-electron chi connectivity index (χ2n) is 13.6. The number of amides is 1. The van der Waals surface area contributed by atoms with Gasteiger partial charge in [0, 0.05) is 50.2 Å². The average molecular weight is 551 g/mol. The molecule has 3 aromatic rings. The first-order chi connectivity index (χ1) is 19.9. The van der Waals surface area contributed by atoms with Gasteiger partial charge in [-0.15, -0.1) is 0 Å². The molecule has 2 bridgehead atoms. The van der Waals surface area contributed by atoms with Crippen LogP contribution in [-0.4, -0.2) is 41.3 Å². The Bertz CT molecular complexity index is 1360. The molecule has 8 rings (SSSR count). The van der Waals surface area contributed by atoms with Crippen LogP contribution in [0.2, 0.25) is 0 Å². The van der Waals surface area contributed by atoms with Gasteiger partial charge in [0.05, 0.1) is 12.2 Å². The highest BCUT2D eigenvalue weighted by atomic mass is 16.2. The predicted octanol–water partition coefficient (Wildman–Crippen LogP) is 7.37. The lowest BCUT2D eigenvalue weighted by Crippen LogP contribution is -2.51. The molecule has 5 fully saturated rings. The number of pyridine rings is 1. The third kappa shape index (κ3) is 5.19. The Morgan fingerprint density at radius 2 is 1.68 bits per heavy atom. The number of hydrogen-bond donors (Lipinski definition) is 0. The number of carbonyl (C=O) groups excluding carboxylic acids is 1. The van der Waals surface area contributed by atoms with Gasteiger partial charge in [-0.25, -0.2) is 4.98 Å². The van der Waals surface area contributed by atoms with Crippen molar-refractivity contribution in [2.75, 3.05) is 30.4 Å². The van der Waals surface area contributed by atoms with E-state index < -0.39 is 0 Å². The number of carbonyl (C=O) groups is 1. The number of benzene rings is 1. The van der Waals surface area contributed by atoms with Crippen LogP contribution in [0.1, 0.15) is 88.7 Å². The summed E-state index contributed by atoms with van der Waals surface area (Å²) in [5, 5.41) is 4.63. The number of fused-ring (bicyclic) bond motifs is 3. The van der Waals surface area contributed by atoms with E-state index in [1.807, 2.05) is 20.3 Å². The van der Waals surface area contributed by atoms with Gasteiger partial charge in [0.2, 0.25) is 5.91 Å². The molecule has 1 amide bonds. The van der Waals surface area contributed by atoms with E-state index in [0.717, 1.165) is 54.9 Å². The maximum atomic E-state index is 14.2. The summed E-state index contributed by atoms with van der Waals surface area (Å²) in [5.41, 5.74) is 5.20. The number of aromatic nitrogens is 3. The minimum absolute atomic E-state index is 0.130. The maximum absolute atomic E-state index is 14.2. The highest BCUT2D eigenvalue weighted by molar-refractivity contribution is 5.96. The molecule has 5 aliphatic rings. The summed E-state index contributed by atoms with van der Waals surface area (Å²) in [6, 6.07) is 13.7. The van der Waals surface area contributed by atoms with Crippen molar-refractivity contribution in [2.45, 2.75) is 88.5 Å². The summed E-state index contributed by atoms with van der Waals surface area (Å²) in [5.74, 6) is 1.48. The molecular formula is C35H44N5O. The van der Waals surface area contributed by atoms with Gasteiger partial charge in [0.25, 0.3) is 0 Å². The van der Waals surface area contributed by atoms with Crippen LogP contribution in [0.4, 0.5) is 11.5 Å². The Balaban J connectivity index is 1.14. The van der Waals surface area contributed by atoms with Crippen LogP contribution < -0.4 is 9.80 Å². The van der Waals surface area contributed by atoms with Gasteiger partial charge in [-0.1, -0.05) is 18.2 Å². The molecule has 0 N–H and O–H groups in total. The van der Waals surface area contributed by atoms with Crippen LogP contribution in [0, 0.1) is 17.8 Å². The molecule has 1 aromatic carbocycles. The van der Waals surface area contributed by atoms with Crippen LogP contribution in [0.15, 0.2) is 55.0 Å². The number of nitrogens with zero attached hydrogens (tertiary/aromatic N) is 5. The third-order valence-corrected chi connectivity index (χ3v) is 10.8. The van der Waals surface area contributed by atoms with Crippen molar-refractivity contribution in [1.29, 1.82) is 0 Å². The summed E-state index contributed by atoms with van der Waals surface area (Å²) < 4.78 is 2.11. The highest BCUT2D eigenvalue weighted by Crippen LogP contribution is 2.58. The van der Waals surface area contributed by atoms with Crippen molar-refractivity contribution < 1.29 is 4.79 Å². The van der Waals surface area contributed by atoms with Crippen LogP contribution in [0.25, 0.3) is 11.1 Å². The molecule has 6 heteroatoms. The van der Waals surface area contributed by atoms with Crippen molar-refractivity contribution in [3.8, 4) is 11.1 Å². The molecule has 6 nitrogen and oxygen atoms in total. The molecule has 0 spiro atoms. The van der Waals surface area contributed by atoms with Crippen molar-refractivity contribution in [1.82, 2.24) is 14.8 Å². The normalized spacial score (nSPS) is 26.2. The van der Waals surface area contributed by atoms with Gasteiger partial charge in [-0.2, -0.15) is 5.10 Å². The van der Waals surface area contributed by atoms with Crippen LogP contribution in [0.5, 0.6) is 0 Å². The lowest BCUT2D eigenvalue weighted by molar-refractivity contribution is -0.123. The van der Waals surface area contributed by atoms with Crippen molar-refractivity contribution in [3.05, 3.63) is 67.0 Å². The Kier molecular flexibility index (Phi) is 6.91. The fourth-order valence-corrected chi connectivity index (χ4v) is 7.80. The van der Waals surface area contributed by atoms with Crippen LogP contribution in [0.3, 0.4) is 0 Å². The molecule has 215 valence electrons. The molecule has 5 aliphatic carbocycles. The Morgan fingerprint density at radius 1 is 0.927 bits per heavy atom. The van der Waals surface area contributed by atoms with E-state index in [0.29, 0.717) is 11.9 Å². The number of hydrogen-bond acceptors (Lipinski definition) is 4. The topological polar surface area (TPSA) is 54.3 Å². The standard InChI is InChI=1S/C35H44N5O/c1-38(2)32-14-11-29(23-36-32)35-18-15-34(16-19-35,17-20-35)25-39(33(41)26-7-4-3-5-8-26)31-10-6-9-27(21-31)28-22-37-40(24-28)30-12-13-30/h3,6,9-11,14,21-24,26,30H,4-5,7-8,12-13,15-20,25H2,1-2H3. The van der Waals surface area contributed by atoms with E-state index in [9.17, 15) is 4.79 Å². The zero-order chi connectivity index (χ0) is 28.0. The van der Waals surface area contributed by atoms with Crippen molar-refractivity contribution in [2.24, 2.45) is 11.3 Å². The van der Waals surface area contributed by atoms with Crippen LogP contribution in [-0.2, 0) is 10.2 Å². The Labute approximate surface area is 245 Å². The van der Waals surface area contributed by atoms with Gasteiger partial charge in [-0.05, 0) is 124 Å². The van der Waals surface area contributed by atoms with Gasteiger partial charge in [0.1, 0.15) is 5.82 Å². The smallest absolute Gasteiger partial charge is 0.230 e. The van der Waals surface area contributed by atoms with E-state index in [1.54, 1.807) is 0 Å². The minimum Gasteiger partial charge on any atom is -0.363 e. The molecule has 1 radical (unpaired) electrons. The fourth-order valence-electron chi connectivity index (χ4n) is 7.80. The Hall–Kier alpha value is -3.15. The van der Waals surface area contributed by atoms with Gasteiger partial charge < -0.3 is 9.80 Å². The van der Waals surface area contributed by atoms with E-state index in [4.69, 9.17) is 4.98 Å². The van der Waals surface area contributed by atoms with Gasteiger partial charge in [0.15, 0.2) is 0 Å². The molecule has 2 aromatic heterocycles. The summed E-state index contributed by atoms with van der Waals surface area (Å²) >= 11 is 0. The Morgan fingerprint density at radius 3 is 2.34 bits per heavy atom. The summed E-state index contributed by atoms with van der Waals surface area (Å²) in [4.78, 5) is 23.3. The van der Waals surface area contributed by atoms with Crippen molar-refractivity contribution >= 4 is 17.4 Å². The molecular weight excluding hydrogens is 506 g/mol. The largest absolute Gasteiger partial charge is 0.363 e. The molecule has 41 heavy (non-hydrogen) atoms. The average Bonchev–Trinajstić information content (AvgIpc) is 3.77. The molecule has 0 saturated heterocycles. The molecule has 0 unspecified atom stereocenters. The molecule has 2 heterocycles. The number of rotatable bonds is 8. The lowest BCUT2D eigenvalue weighted by atomic mass is 9.52. The first-order valence-electron chi connectivity index (χ1n) is 15.9. The minimum atomic E-state index is 0.130. The maximum Gasteiger partial charge on any atom is 0.230 e. The first-order valence-corrected chi connectivity index (χ1v) is 15.9. The first kappa shape index (κ1) is 26.7. The molecule has 5 saturated carbocycles. The quantitative estimate of drug-likeness (QED) is 0.294. The predicted molar refractivity (Wildman–Crippen MR) is 165 cm³/mol. The monoisotopic (exact) mass is 550 g/mol. The molecule has 0 aliphatic heterocycles. The van der Waals surface area contributed by atoms with Crippen molar-refractivity contribution in [3.63, 3.8) is 0 Å². The zero-order valence-electron chi connectivity index (χ0n) is 24.8. The lowest BCUT2D eigenvalue weighted by Gasteiger charge is -2.55. The summed E-state index contributed by atoms with van der Waals surface area (Å²) in [6.45, 7) is 0.838. The van der Waals surface area contributed by atoms with Gasteiger partial charge >= 0.3 is 0 Å².